The number of carbonyl (C=O) groups is 2. The van der Waals surface area contributed by atoms with E-state index in [2.05, 4.69) is 5.32 Å². The molecule has 1 saturated heterocycles. The smallest absolute Gasteiger partial charge is 0.331 e. The third kappa shape index (κ3) is 3.20. The van der Waals surface area contributed by atoms with Crippen molar-refractivity contribution in [2.24, 2.45) is 7.05 Å². The molecule has 1 aromatic rings. The van der Waals surface area contributed by atoms with Crippen molar-refractivity contribution in [2.45, 2.75) is 44.3 Å². The normalized spacial score (nSPS) is 20.6. The van der Waals surface area contributed by atoms with Gasteiger partial charge in [0.15, 0.2) is 0 Å². The molecule has 1 N–H and O–H groups in total. The van der Waals surface area contributed by atoms with E-state index in [9.17, 15) is 19.2 Å². The van der Waals surface area contributed by atoms with Crippen LogP contribution in [0.15, 0.2) is 21.9 Å². The quantitative estimate of drug-likeness (QED) is 0.755. The molecule has 1 atom stereocenters. The monoisotopic (exact) mass is 320 g/mol. The molecule has 2 fully saturated rings. The van der Waals surface area contributed by atoms with Gasteiger partial charge < -0.3 is 10.2 Å². The van der Waals surface area contributed by atoms with Gasteiger partial charge in [0, 0.05) is 31.9 Å². The Labute approximate surface area is 132 Å². The zero-order valence-corrected chi connectivity index (χ0v) is 13.0. The van der Waals surface area contributed by atoms with E-state index in [1.807, 2.05) is 0 Å². The molecule has 2 aliphatic rings. The summed E-state index contributed by atoms with van der Waals surface area (Å²) in [6, 6.07) is 1.05. The number of nitrogens with one attached hydrogen (secondary N) is 1. The molecule has 0 aromatic carbocycles. The number of nitrogens with zero attached hydrogens (tertiary/aromatic N) is 3. The van der Waals surface area contributed by atoms with Crippen LogP contribution in [0.2, 0.25) is 0 Å². The minimum absolute atomic E-state index is 0.105. The van der Waals surface area contributed by atoms with Crippen LogP contribution >= 0.6 is 0 Å². The van der Waals surface area contributed by atoms with E-state index in [-0.39, 0.29) is 24.4 Å². The molecular weight excluding hydrogens is 300 g/mol. The summed E-state index contributed by atoms with van der Waals surface area (Å²) in [6.07, 6.45) is 4.74. The van der Waals surface area contributed by atoms with Gasteiger partial charge in [-0.15, -0.1) is 0 Å². The summed E-state index contributed by atoms with van der Waals surface area (Å²) in [5.74, 6) is -0.384. The largest absolute Gasteiger partial charge is 0.352 e. The molecule has 3 rings (SSSR count). The third-order valence-electron chi connectivity index (χ3n) is 4.37. The van der Waals surface area contributed by atoms with E-state index in [0.29, 0.717) is 13.0 Å². The Kier molecular flexibility index (Phi) is 4.06. The van der Waals surface area contributed by atoms with Crippen molar-refractivity contribution in [3.8, 4) is 0 Å². The molecule has 0 spiro atoms. The van der Waals surface area contributed by atoms with E-state index in [1.54, 1.807) is 0 Å². The zero-order valence-electron chi connectivity index (χ0n) is 13.0. The maximum absolute atomic E-state index is 12.5. The lowest BCUT2D eigenvalue weighted by Crippen LogP contribution is -2.48. The Morgan fingerprint density at radius 2 is 2.00 bits per heavy atom. The highest BCUT2D eigenvalue weighted by Gasteiger charge is 2.36. The summed E-state index contributed by atoms with van der Waals surface area (Å²) in [5.41, 5.74) is -0.953. The molecule has 1 aliphatic heterocycles. The van der Waals surface area contributed by atoms with Gasteiger partial charge in [0.05, 0.1) is 0 Å². The van der Waals surface area contributed by atoms with E-state index in [1.165, 1.54) is 28.8 Å². The summed E-state index contributed by atoms with van der Waals surface area (Å²) in [6.45, 7) is 0.349. The Hall–Kier alpha value is -2.38. The molecule has 1 aromatic heterocycles. The summed E-state index contributed by atoms with van der Waals surface area (Å²) < 4.78 is 2.15. The molecule has 1 saturated carbocycles. The van der Waals surface area contributed by atoms with Gasteiger partial charge in [-0.05, 0) is 25.7 Å². The Morgan fingerprint density at radius 3 is 2.70 bits per heavy atom. The summed E-state index contributed by atoms with van der Waals surface area (Å²) in [5, 5.41) is 2.93. The van der Waals surface area contributed by atoms with Gasteiger partial charge in [0.25, 0.3) is 5.56 Å². The van der Waals surface area contributed by atoms with Crippen LogP contribution in [0.1, 0.15) is 25.7 Å². The highest BCUT2D eigenvalue weighted by molar-refractivity contribution is 5.88. The van der Waals surface area contributed by atoms with Crippen molar-refractivity contribution in [1.82, 2.24) is 19.4 Å². The first kappa shape index (κ1) is 15.5. The van der Waals surface area contributed by atoms with Gasteiger partial charge in [0.2, 0.25) is 11.8 Å². The molecule has 0 radical (unpaired) electrons. The number of rotatable bonds is 4. The summed E-state index contributed by atoms with van der Waals surface area (Å²) in [4.78, 5) is 49.6. The average Bonchev–Trinajstić information content (AvgIpc) is 3.19. The van der Waals surface area contributed by atoms with Crippen LogP contribution in [0.25, 0.3) is 0 Å². The molecule has 1 aliphatic carbocycles. The minimum atomic E-state index is -0.538. The van der Waals surface area contributed by atoms with Crippen molar-refractivity contribution in [3.05, 3.63) is 33.1 Å². The Balaban J connectivity index is 1.72. The van der Waals surface area contributed by atoms with Gasteiger partial charge in [0.1, 0.15) is 12.6 Å². The second-order valence-electron chi connectivity index (χ2n) is 6.15. The van der Waals surface area contributed by atoms with Crippen LogP contribution in [-0.2, 0) is 23.2 Å². The fourth-order valence-corrected chi connectivity index (χ4v) is 2.84. The van der Waals surface area contributed by atoms with Crippen molar-refractivity contribution < 1.29 is 9.59 Å². The first-order valence-corrected chi connectivity index (χ1v) is 7.83. The number of hydrogen-bond donors (Lipinski definition) is 1. The summed E-state index contributed by atoms with van der Waals surface area (Å²) in [7, 11) is 1.37. The molecular formula is C15H20N4O4. The maximum Gasteiger partial charge on any atom is 0.331 e. The van der Waals surface area contributed by atoms with Crippen LogP contribution in [0.4, 0.5) is 0 Å². The molecule has 23 heavy (non-hydrogen) atoms. The minimum Gasteiger partial charge on any atom is -0.352 e. The summed E-state index contributed by atoms with van der Waals surface area (Å²) >= 11 is 0. The van der Waals surface area contributed by atoms with Gasteiger partial charge in [-0.1, -0.05) is 0 Å². The second-order valence-corrected chi connectivity index (χ2v) is 6.15. The molecule has 2 amide bonds. The average molecular weight is 320 g/mol. The van der Waals surface area contributed by atoms with Crippen molar-refractivity contribution >= 4 is 11.8 Å². The second kappa shape index (κ2) is 6.02. The first-order valence-electron chi connectivity index (χ1n) is 7.83. The van der Waals surface area contributed by atoms with E-state index < -0.39 is 17.3 Å². The van der Waals surface area contributed by atoms with Gasteiger partial charge in [-0.25, -0.2) is 4.79 Å². The van der Waals surface area contributed by atoms with E-state index in [0.717, 1.165) is 23.8 Å². The van der Waals surface area contributed by atoms with Crippen molar-refractivity contribution in [2.75, 3.05) is 6.54 Å². The molecule has 0 bridgehead atoms. The van der Waals surface area contributed by atoms with Crippen LogP contribution in [0.3, 0.4) is 0 Å². The van der Waals surface area contributed by atoms with Crippen molar-refractivity contribution in [1.29, 1.82) is 0 Å². The molecule has 8 nitrogen and oxygen atoms in total. The van der Waals surface area contributed by atoms with Gasteiger partial charge >= 0.3 is 5.69 Å². The molecule has 2 heterocycles. The zero-order chi connectivity index (χ0) is 16.6. The lowest BCUT2D eigenvalue weighted by atomic mass is 10.2. The predicted molar refractivity (Wildman–Crippen MR) is 81.8 cm³/mol. The van der Waals surface area contributed by atoms with Crippen LogP contribution in [0, 0.1) is 0 Å². The highest BCUT2D eigenvalue weighted by atomic mass is 16.2. The maximum atomic E-state index is 12.5. The lowest BCUT2D eigenvalue weighted by molar-refractivity contribution is -0.139. The fraction of sp³-hybridized carbons (Fsp3) is 0.600. The number of carbonyl (C=O) groups excluding carboxylic acids is 2. The molecule has 124 valence electrons. The number of aromatic nitrogens is 2. The van der Waals surface area contributed by atoms with Crippen LogP contribution in [-0.4, -0.2) is 44.5 Å². The predicted octanol–water partition coefficient (Wildman–Crippen LogP) is -1.18. The molecule has 1 unspecified atom stereocenters. The SMILES string of the molecule is Cn1c(=O)ccn(CC(=O)N2CCCC2C(=O)NC2CC2)c1=O. The number of likely N-dealkylation sites (tertiary alicyclic amines) is 1. The molecule has 8 heteroatoms. The van der Waals surface area contributed by atoms with E-state index >= 15 is 0 Å². The Morgan fingerprint density at radius 1 is 1.26 bits per heavy atom. The lowest BCUT2D eigenvalue weighted by Gasteiger charge is -2.24. The van der Waals surface area contributed by atoms with Gasteiger partial charge in [-0.2, -0.15) is 0 Å². The fourth-order valence-electron chi connectivity index (χ4n) is 2.84. The topological polar surface area (TPSA) is 93.4 Å². The van der Waals surface area contributed by atoms with Crippen molar-refractivity contribution in [3.63, 3.8) is 0 Å². The number of amides is 2. The van der Waals surface area contributed by atoms with E-state index in [4.69, 9.17) is 0 Å². The van der Waals surface area contributed by atoms with Gasteiger partial charge in [-0.3, -0.25) is 23.5 Å². The Bertz CT molecular complexity index is 747. The highest BCUT2D eigenvalue weighted by Crippen LogP contribution is 2.22. The number of hydrogen-bond acceptors (Lipinski definition) is 4. The van der Waals surface area contributed by atoms with Crippen LogP contribution in [0.5, 0.6) is 0 Å². The standard InChI is InChI=1S/C15H20N4O4/c1-17-12(20)6-8-18(15(17)23)9-13(21)19-7-2-3-11(19)14(22)16-10-4-5-10/h6,8,10-11H,2-5,7,9H2,1H3,(H,16,22). The first-order chi connectivity index (χ1) is 11.0. The van der Waals surface area contributed by atoms with Crippen LogP contribution < -0.4 is 16.6 Å². The third-order valence-corrected chi connectivity index (χ3v) is 4.37.